The van der Waals surface area contributed by atoms with Crippen molar-refractivity contribution in [1.82, 2.24) is 5.32 Å². The Hall–Kier alpha value is -1.95. The molecule has 1 atom stereocenters. The van der Waals surface area contributed by atoms with Gasteiger partial charge >= 0.3 is 0 Å². The summed E-state index contributed by atoms with van der Waals surface area (Å²) in [6.45, 7) is 6.45. The van der Waals surface area contributed by atoms with Crippen molar-refractivity contribution in [3.05, 3.63) is 33.9 Å². The number of nitro benzene ring substituents is 1. The number of nitrogens with zero attached hydrogens (tertiary/aromatic N) is 1. The average molecular weight is 265 g/mol. The molecule has 19 heavy (non-hydrogen) atoms. The lowest BCUT2D eigenvalue weighted by Gasteiger charge is -2.12. The predicted molar refractivity (Wildman–Crippen MR) is 74.2 cm³/mol. The van der Waals surface area contributed by atoms with Crippen LogP contribution in [0.1, 0.15) is 25.8 Å². The van der Waals surface area contributed by atoms with Gasteiger partial charge in [0.25, 0.3) is 5.69 Å². The molecule has 0 aliphatic heterocycles. The molecule has 0 aliphatic rings. The normalized spacial score (nSPS) is 11.9. The van der Waals surface area contributed by atoms with Gasteiger partial charge in [0.05, 0.1) is 4.92 Å². The number of benzene rings is 1. The van der Waals surface area contributed by atoms with Crippen LogP contribution in [0.5, 0.6) is 0 Å². The van der Waals surface area contributed by atoms with Gasteiger partial charge in [0, 0.05) is 18.5 Å². The molecule has 6 heteroatoms. The molecule has 0 bridgehead atoms. The molecule has 0 aliphatic carbocycles. The number of amides is 1. The second kappa shape index (κ2) is 6.84. The summed E-state index contributed by atoms with van der Waals surface area (Å²) >= 11 is 0. The summed E-state index contributed by atoms with van der Waals surface area (Å²) < 4.78 is 0. The van der Waals surface area contributed by atoms with E-state index >= 15 is 0 Å². The van der Waals surface area contributed by atoms with E-state index in [1.807, 2.05) is 20.8 Å². The maximum Gasteiger partial charge on any atom is 0.292 e. The second-order valence-electron chi connectivity index (χ2n) is 4.49. The molecule has 0 spiro atoms. The lowest BCUT2D eigenvalue weighted by molar-refractivity contribution is -0.383. The van der Waals surface area contributed by atoms with Crippen molar-refractivity contribution in [2.24, 2.45) is 0 Å². The molecule has 2 N–H and O–H groups in total. The summed E-state index contributed by atoms with van der Waals surface area (Å²) in [5.74, 6) is -0.234. The topological polar surface area (TPSA) is 84.3 Å². The Morgan fingerprint density at radius 2 is 2.16 bits per heavy atom. The van der Waals surface area contributed by atoms with E-state index in [9.17, 15) is 14.9 Å². The van der Waals surface area contributed by atoms with Gasteiger partial charge in [-0.3, -0.25) is 14.9 Å². The van der Waals surface area contributed by atoms with Gasteiger partial charge in [-0.15, -0.1) is 0 Å². The summed E-state index contributed by atoms with van der Waals surface area (Å²) in [6, 6.07) is 4.69. The van der Waals surface area contributed by atoms with Crippen LogP contribution in [0.4, 0.5) is 11.4 Å². The first-order valence-electron chi connectivity index (χ1n) is 6.22. The van der Waals surface area contributed by atoms with E-state index < -0.39 is 4.92 Å². The van der Waals surface area contributed by atoms with Gasteiger partial charge in [-0.05, 0) is 32.0 Å². The third-order valence-corrected chi connectivity index (χ3v) is 2.67. The maximum absolute atomic E-state index is 11.8. The Morgan fingerprint density at radius 1 is 1.47 bits per heavy atom. The van der Waals surface area contributed by atoms with Crippen LogP contribution in [0.3, 0.4) is 0 Å². The molecule has 6 nitrogen and oxygen atoms in total. The molecule has 0 saturated carbocycles. The smallest absolute Gasteiger partial charge is 0.292 e. The zero-order valence-corrected chi connectivity index (χ0v) is 11.4. The SMILES string of the molecule is CCNC(C)CC(=O)Nc1cc(C)ccc1[N+](=O)[O-]. The third-order valence-electron chi connectivity index (χ3n) is 2.67. The molecule has 1 unspecified atom stereocenters. The zero-order chi connectivity index (χ0) is 14.4. The Labute approximate surface area is 112 Å². The Morgan fingerprint density at radius 3 is 2.74 bits per heavy atom. The minimum Gasteiger partial charge on any atom is -0.320 e. The highest BCUT2D eigenvalue weighted by Crippen LogP contribution is 2.25. The van der Waals surface area contributed by atoms with Gasteiger partial charge < -0.3 is 10.6 Å². The van der Waals surface area contributed by atoms with Crippen LogP contribution in [0.25, 0.3) is 0 Å². The largest absolute Gasteiger partial charge is 0.320 e. The molecule has 1 rings (SSSR count). The summed E-state index contributed by atoms with van der Waals surface area (Å²) in [5, 5.41) is 16.6. The number of nitrogens with one attached hydrogen (secondary N) is 2. The molecule has 0 heterocycles. The van der Waals surface area contributed by atoms with Crippen LogP contribution in [-0.2, 0) is 4.79 Å². The van der Waals surface area contributed by atoms with Gasteiger partial charge in [-0.2, -0.15) is 0 Å². The quantitative estimate of drug-likeness (QED) is 0.610. The predicted octanol–water partition coefficient (Wildman–Crippen LogP) is 2.23. The highest BCUT2D eigenvalue weighted by atomic mass is 16.6. The second-order valence-corrected chi connectivity index (χ2v) is 4.49. The van der Waals surface area contributed by atoms with E-state index in [4.69, 9.17) is 0 Å². The number of nitro groups is 1. The number of hydrogen-bond acceptors (Lipinski definition) is 4. The minimum atomic E-state index is -0.497. The monoisotopic (exact) mass is 265 g/mol. The van der Waals surface area contributed by atoms with Gasteiger partial charge in [0.1, 0.15) is 5.69 Å². The zero-order valence-electron chi connectivity index (χ0n) is 11.4. The summed E-state index contributed by atoms with van der Waals surface area (Å²) in [7, 11) is 0. The number of anilines is 1. The number of aryl methyl sites for hydroxylation is 1. The summed E-state index contributed by atoms with van der Waals surface area (Å²) in [4.78, 5) is 22.2. The van der Waals surface area contributed by atoms with Crippen LogP contribution in [0, 0.1) is 17.0 Å². The lowest BCUT2D eigenvalue weighted by atomic mass is 10.1. The molecule has 0 radical (unpaired) electrons. The summed E-state index contributed by atoms with van der Waals surface area (Å²) in [6.07, 6.45) is 0.277. The van der Waals surface area contributed by atoms with Gasteiger partial charge in [-0.1, -0.05) is 13.0 Å². The highest BCUT2D eigenvalue weighted by molar-refractivity contribution is 5.93. The van der Waals surface area contributed by atoms with Crippen LogP contribution in [0.15, 0.2) is 18.2 Å². The van der Waals surface area contributed by atoms with Crippen molar-refractivity contribution in [1.29, 1.82) is 0 Å². The molecule has 0 fully saturated rings. The number of rotatable bonds is 6. The first-order chi connectivity index (χ1) is 8.93. The first-order valence-corrected chi connectivity index (χ1v) is 6.22. The standard InChI is InChI=1S/C13H19N3O3/c1-4-14-10(3)8-13(17)15-11-7-9(2)5-6-12(11)16(18)19/h5-7,10,14H,4,8H2,1-3H3,(H,15,17). The van der Waals surface area contributed by atoms with Crippen molar-refractivity contribution in [3.63, 3.8) is 0 Å². The van der Waals surface area contributed by atoms with Gasteiger partial charge in [0.2, 0.25) is 5.91 Å². The highest BCUT2D eigenvalue weighted by Gasteiger charge is 2.16. The number of carbonyl (C=O) groups is 1. The molecule has 0 saturated heterocycles. The molecule has 1 aromatic carbocycles. The molecular formula is C13H19N3O3. The van der Waals surface area contributed by atoms with Gasteiger partial charge in [-0.25, -0.2) is 0 Å². The Bertz CT molecular complexity index is 474. The molecule has 104 valence electrons. The molecule has 0 aromatic heterocycles. The van der Waals surface area contributed by atoms with Crippen molar-refractivity contribution in [2.45, 2.75) is 33.2 Å². The van der Waals surface area contributed by atoms with Crippen molar-refractivity contribution < 1.29 is 9.72 Å². The molecule has 1 aromatic rings. The first kappa shape index (κ1) is 15.1. The van der Waals surface area contributed by atoms with Crippen LogP contribution >= 0.6 is 0 Å². The van der Waals surface area contributed by atoms with Crippen LogP contribution in [0.2, 0.25) is 0 Å². The average Bonchev–Trinajstić information content (AvgIpc) is 2.28. The minimum absolute atomic E-state index is 0.0360. The van der Waals surface area contributed by atoms with E-state index in [-0.39, 0.29) is 29.7 Å². The van der Waals surface area contributed by atoms with Crippen molar-refractivity contribution in [2.75, 3.05) is 11.9 Å². The fourth-order valence-electron chi connectivity index (χ4n) is 1.81. The van der Waals surface area contributed by atoms with E-state index in [1.54, 1.807) is 12.1 Å². The Balaban J connectivity index is 2.78. The molecular weight excluding hydrogens is 246 g/mol. The molecule has 1 amide bonds. The van der Waals surface area contributed by atoms with Crippen LogP contribution < -0.4 is 10.6 Å². The fourth-order valence-corrected chi connectivity index (χ4v) is 1.81. The lowest BCUT2D eigenvalue weighted by Crippen LogP contribution is -2.30. The fraction of sp³-hybridized carbons (Fsp3) is 0.462. The van der Waals surface area contributed by atoms with E-state index in [0.29, 0.717) is 0 Å². The maximum atomic E-state index is 11.8. The van der Waals surface area contributed by atoms with E-state index in [2.05, 4.69) is 10.6 Å². The van der Waals surface area contributed by atoms with Crippen molar-refractivity contribution >= 4 is 17.3 Å². The number of hydrogen-bond donors (Lipinski definition) is 2. The van der Waals surface area contributed by atoms with Crippen LogP contribution in [-0.4, -0.2) is 23.4 Å². The Kier molecular flexibility index (Phi) is 5.44. The van der Waals surface area contributed by atoms with Gasteiger partial charge in [0.15, 0.2) is 0 Å². The third kappa shape index (κ3) is 4.67. The van der Waals surface area contributed by atoms with E-state index in [1.165, 1.54) is 6.07 Å². The number of carbonyl (C=O) groups excluding carboxylic acids is 1. The summed E-state index contributed by atoms with van der Waals surface area (Å²) in [5.41, 5.74) is 1.02. The van der Waals surface area contributed by atoms with Crippen molar-refractivity contribution in [3.8, 4) is 0 Å². The van der Waals surface area contributed by atoms with E-state index in [0.717, 1.165) is 12.1 Å².